The van der Waals surface area contributed by atoms with Crippen molar-refractivity contribution in [3.05, 3.63) is 96.1 Å². The van der Waals surface area contributed by atoms with Gasteiger partial charge in [0, 0.05) is 25.4 Å². The van der Waals surface area contributed by atoms with E-state index in [2.05, 4.69) is 34.4 Å². The molecule has 3 aromatic rings. The van der Waals surface area contributed by atoms with Crippen LogP contribution in [0.4, 0.5) is 4.39 Å². The minimum atomic E-state index is -0.507. The van der Waals surface area contributed by atoms with E-state index in [1.165, 1.54) is 30.0 Å². The zero-order valence-electron chi connectivity index (χ0n) is 17.5. The summed E-state index contributed by atoms with van der Waals surface area (Å²) in [6, 6.07) is 18.2. The van der Waals surface area contributed by atoms with Crippen LogP contribution in [0.15, 0.2) is 79.1 Å². The Bertz CT molecular complexity index is 994. The van der Waals surface area contributed by atoms with E-state index in [-0.39, 0.29) is 11.7 Å². The number of benzene rings is 2. The third kappa shape index (κ3) is 7.68. The second kappa shape index (κ2) is 11.6. The van der Waals surface area contributed by atoms with Crippen LogP contribution in [0.1, 0.15) is 17.5 Å². The first-order valence-electron chi connectivity index (χ1n) is 10.2. The number of carbonyl (C=O) groups is 1. The van der Waals surface area contributed by atoms with Gasteiger partial charge in [-0.05, 0) is 61.5 Å². The summed E-state index contributed by atoms with van der Waals surface area (Å²) in [5.41, 5.74) is 1.84. The van der Waals surface area contributed by atoms with Crippen LogP contribution in [0.25, 0.3) is 6.08 Å². The number of carbonyl (C=O) groups excluding carboxylic acids is 1. The highest BCUT2D eigenvalue weighted by molar-refractivity contribution is 5.91. The van der Waals surface area contributed by atoms with Crippen molar-refractivity contribution < 1.29 is 13.9 Å². The molecule has 31 heavy (non-hydrogen) atoms. The molecule has 0 aliphatic carbocycles. The average molecular weight is 420 g/mol. The number of nitrogens with one attached hydrogen (secondary N) is 1. The highest BCUT2D eigenvalue weighted by Crippen LogP contribution is 2.24. The van der Waals surface area contributed by atoms with Gasteiger partial charge in [-0.2, -0.15) is 0 Å². The molecule has 0 aliphatic rings. The smallest absolute Gasteiger partial charge is 0.243 e. The number of hydrogen-bond acceptors (Lipinski definition) is 4. The van der Waals surface area contributed by atoms with Gasteiger partial charge in [-0.15, -0.1) is 0 Å². The van der Waals surface area contributed by atoms with Gasteiger partial charge in [-0.3, -0.25) is 9.78 Å². The summed E-state index contributed by atoms with van der Waals surface area (Å²) in [5.74, 6) is -0.151. The minimum absolute atomic E-state index is 0.106. The van der Waals surface area contributed by atoms with E-state index >= 15 is 0 Å². The zero-order chi connectivity index (χ0) is 21.9. The Morgan fingerprint density at radius 3 is 2.74 bits per heavy atom. The summed E-state index contributed by atoms with van der Waals surface area (Å²) in [5, 5.41) is 2.85. The molecule has 0 unspecified atom stereocenters. The molecular weight excluding hydrogens is 393 g/mol. The van der Waals surface area contributed by atoms with Gasteiger partial charge in [0.2, 0.25) is 5.91 Å². The lowest BCUT2D eigenvalue weighted by Gasteiger charge is -2.16. The van der Waals surface area contributed by atoms with Crippen molar-refractivity contribution in [1.82, 2.24) is 15.2 Å². The lowest BCUT2D eigenvalue weighted by molar-refractivity contribution is -0.116. The van der Waals surface area contributed by atoms with Gasteiger partial charge in [0.1, 0.15) is 5.75 Å². The molecule has 0 saturated heterocycles. The number of amides is 1. The van der Waals surface area contributed by atoms with Crippen molar-refractivity contribution in [3.63, 3.8) is 0 Å². The van der Waals surface area contributed by atoms with Gasteiger partial charge in [-0.25, -0.2) is 4.39 Å². The van der Waals surface area contributed by atoms with Crippen LogP contribution < -0.4 is 10.1 Å². The molecule has 5 nitrogen and oxygen atoms in total. The molecule has 6 heteroatoms. The van der Waals surface area contributed by atoms with E-state index in [4.69, 9.17) is 4.74 Å². The summed E-state index contributed by atoms with van der Waals surface area (Å²) in [6.07, 6.45) is 6.96. The van der Waals surface area contributed by atoms with Crippen LogP contribution in [0.2, 0.25) is 0 Å². The van der Waals surface area contributed by atoms with Crippen molar-refractivity contribution in [1.29, 1.82) is 0 Å². The Morgan fingerprint density at radius 1 is 1.16 bits per heavy atom. The van der Waals surface area contributed by atoms with Gasteiger partial charge < -0.3 is 15.0 Å². The summed E-state index contributed by atoms with van der Waals surface area (Å²) < 4.78 is 19.7. The third-order valence-corrected chi connectivity index (χ3v) is 4.56. The quantitative estimate of drug-likeness (QED) is 0.383. The number of pyridine rings is 1. The number of aromatic nitrogens is 1. The Balaban J connectivity index is 1.40. The third-order valence-electron chi connectivity index (χ3n) is 4.56. The second-order valence-corrected chi connectivity index (χ2v) is 7.18. The van der Waals surface area contributed by atoms with Crippen LogP contribution in [-0.2, 0) is 11.3 Å². The van der Waals surface area contributed by atoms with Gasteiger partial charge >= 0.3 is 0 Å². The Kier molecular flexibility index (Phi) is 8.31. The first kappa shape index (κ1) is 22.2. The lowest BCUT2D eigenvalue weighted by Crippen LogP contribution is -2.26. The number of nitrogens with zero attached hydrogens (tertiary/aromatic N) is 2. The maximum absolute atomic E-state index is 14.3. The molecule has 2 aromatic carbocycles. The second-order valence-electron chi connectivity index (χ2n) is 7.18. The Morgan fingerprint density at radius 2 is 2.00 bits per heavy atom. The zero-order valence-corrected chi connectivity index (χ0v) is 17.5. The Hall–Kier alpha value is -3.51. The molecular formula is C25H26FN3O2. The Labute approximate surface area is 182 Å². The van der Waals surface area contributed by atoms with Crippen molar-refractivity contribution in [2.24, 2.45) is 0 Å². The monoisotopic (exact) mass is 419 g/mol. The van der Waals surface area contributed by atoms with E-state index in [9.17, 15) is 9.18 Å². The molecule has 0 atom stereocenters. The SMILES string of the molecule is CN(CCCNC(=O)/C=C/c1ccc(Oc2cccnc2)c(F)c1)Cc1ccccc1. The highest BCUT2D eigenvalue weighted by atomic mass is 19.1. The van der Waals surface area contributed by atoms with E-state index < -0.39 is 5.82 Å². The number of rotatable bonds is 10. The molecule has 1 amide bonds. The molecule has 1 N–H and O–H groups in total. The molecule has 0 bridgehead atoms. The fourth-order valence-corrected chi connectivity index (χ4v) is 3.00. The van der Waals surface area contributed by atoms with Crippen molar-refractivity contribution in [2.75, 3.05) is 20.1 Å². The summed E-state index contributed by atoms with van der Waals surface area (Å²) >= 11 is 0. The number of halogens is 1. The van der Waals surface area contributed by atoms with E-state index in [0.29, 0.717) is 17.9 Å². The van der Waals surface area contributed by atoms with Crippen LogP contribution in [-0.4, -0.2) is 35.9 Å². The van der Waals surface area contributed by atoms with Crippen LogP contribution in [0.3, 0.4) is 0 Å². The molecule has 0 radical (unpaired) electrons. The topological polar surface area (TPSA) is 54.5 Å². The molecule has 0 spiro atoms. The first-order chi connectivity index (χ1) is 15.1. The molecule has 0 aliphatic heterocycles. The fourth-order valence-electron chi connectivity index (χ4n) is 3.00. The normalized spacial score (nSPS) is 11.1. The average Bonchev–Trinajstić information content (AvgIpc) is 2.78. The van der Waals surface area contributed by atoms with Crippen LogP contribution in [0, 0.1) is 5.82 Å². The fraction of sp³-hybridized carbons (Fsp3) is 0.200. The summed E-state index contributed by atoms with van der Waals surface area (Å²) in [4.78, 5) is 18.2. The molecule has 160 valence electrons. The van der Waals surface area contributed by atoms with E-state index in [0.717, 1.165) is 19.5 Å². The summed E-state index contributed by atoms with van der Waals surface area (Å²) in [7, 11) is 2.06. The predicted molar refractivity (Wildman–Crippen MR) is 120 cm³/mol. The van der Waals surface area contributed by atoms with E-state index in [1.807, 2.05) is 18.2 Å². The molecule has 0 saturated carbocycles. The van der Waals surface area contributed by atoms with Gasteiger partial charge in [0.05, 0.1) is 6.20 Å². The lowest BCUT2D eigenvalue weighted by atomic mass is 10.2. The van der Waals surface area contributed by atoms with Crippen molar-refractivity contribution in [2.45, 2.75) is 13.0 Å². The van der Waals surface area contributed by atoms with Crippen molar-refractivity contribution >= 4 is 12.0 Å². The predicted octanol–water partition coefficient (Wildman–Crippen LogP) is 4.66. The van der Waals surface area contributed by atoms with E-state index in [1.54, 1.807) is 30.5 Å². The molecule has 1 aromatic heterocycles. The van der Waals surface area contributed by atoms with Crippen LogP contribution >= 0.6 is 0 Å². The molecule has 3 rings (SSSR count). The maximum atomic E-state index is 14.3. The maximum Gasteiger partial charge on any atom is 0.243 e. The highest BCUT2D eigenvalue weighted by Gasteiger charge is 2.06. The number of hydrogen-bond donors (Lipinski definition) is 1. The standard InChI is InChI=1S/C25H26FN3O2/c1-29(19-21-7-3-2-4-8-21)16-6-15-28-25(30)13-11-20-10-12-24(23(26)17-20)31-22-9-5-14-27-18-22/h2-5,7-14,17-18H,6,15-16,19H2,1H3,(H,28,30)/b13-11+. The van der Waals surface area contributed by atoms with Crippen LogP contribution in [0.5, 0.6) is 11.5 Å². The van der Waals surface area contributed by atoms with Gasteiger partial charge in [0.25, 0.3) is 0 Å². The van der Waals surface area contributed by atoms with Crippen molar-refractivity contribution in [3.8, 4) is 11.5 Å². The van der Waals surface area contributed by atoms with Gasteiger partial charge in [-0.1, -0.05) is 36.4 Å². The molecule has 0 fully saturated rings. The largest absolute Gasteiger partial charge is 0.453 e. The molecule has 1 heterocycles. The minimum Gasteiger partial charge on any atom is -0.453 e. The first-order valence-corrected chi connectivity index (χ1v) is 10.2. The number of ether oxygens (including phenoxy) is 1. The summed E-state index contributed by atoms with van der Waals surface area (Å²) in [6.45, 7) is 2.33. The van der Waals surface area contributed by atoms with Gasteiger partial charge in [0.15, 0.2) is 11.6 Å².